The summed E-state index contributed by atoms with van der Waals surface area (Å²) in [6.45, 7) is 7.11. The zero-order chi connectivity index (χ0) is 13.2. The molecule has 1 atom stereocenters. The highest BCUT2D eigenvalue weighted by atomic mass is 35.5. The van der Waals surface area contributed by atoms with Gasteiger partial charge in [-0.2, -0.15) is 0 Å². The van der Waals surface area contributed by atoms with Gasteiger partial charge in [-0.1, -0.05) is 6.07 Å². The molecule has 0 spiro atoms. The molecule has 1 rings (SSSR count). The van der Waals surface area contributed by atoms with Crippen LogP contribution >= 0.6 is 11.6 Å². The van der Waals surface area contributed by atoms with Gasteiger partial charge in [0, 0.05) is 5.56 Å². The van der Waals surface area contributed by atoms with Crippen LogP contribution in [0.4, 0.5) is 4.39 Å². The maximum Gasteiger partial charge on any atom is 0.251 e. The van der Waals surface area contributed by atoms with Crippen LogP contribution in [0, 0.1) is 12.7 Å². The van der Waals surface area contributed by atoms with Gasteiger partial charge in [0.1, 0.15) is 5.82 Å². The molecule has 0 aliphatic rings. The van der Waals surface area contributed by atoms with E-state index in [-0.39, 0.29) is 17.1 Å². The first kappa shape index (κ1) is 14.0. The molecule has 0 aliphatic carbocycles. The fourth-order valence-corrected chi connectivity index (χ4v) is 1.25. The van der Waals surface area contributed by atoms with E-state index < -0.39 is 5.54 Å². The van der Waals surface area contributed by atoms with Gasteiger partial charge in [-0.15, -0.1) is 11.6 Å². The van der Waals surface area contributed by atoms with E-state index in [2.05, 4.69) is 5.32 Å². The predicted molar refractivity (Wildman–Crippen MR) is 68.0 cm³/mol. The Hall–Kier alpha value is -1.09. The minimum atomic E-state index is -0.542. The van der Waals surface area contributed by atoms with Crippen molar-refractivity contribution < 1.29 is 9.18 Å². The lowest BCUT2D eigenvalue weighted by molar-refractivity contribution is 0.0912. The molecular weight excluding hydrogens is 241 g/mol. The molecule has 0 fully saturated rings. The number of benzene rings is 1. The van der Waals surface area contributed by atoms with Gasteiger partial charge in [-0.05, 0) is 45.4 Å². The van der Waals surface area contributed by atoms with Crippen molar-refractivity contribution in [3.8, 4) is 0 Å². The van der Waals surface area contributed by atoms with Crippen LogP contribution in [0.1, 0.15) is 36.7 Å². The molecule has 0 heterocycles. The molecule has 17 heavy (non-hydrogen) atoms. The van der Waals surface area contributed by atoms with E-state index in [0.717, 1.165) is 0 Å². The molecule has 0 saturated heterocycles. The fraction of sp³-hybridized carbons (Fsp3) is 0.462. The van der Waals surface area contributed by atoms with E-state index in [9.17, 15) is 9.18 Å². The average Bonchev–Trinajstić information content (AvgIpc) is 2.21. The number of amides is 1. The zero-order valence-corrected chi connectivity index (χ0v) is 11.2. The van der Waals surface area contributed by atoms with Crippen molar-refractivity contribution in [3.63, 3.8) is 0 Å². The van der Waals surface area contributed by atoms with Gasteiger partial charge in [0.05, 0.1) is 10.9 Å². The summed E-state index contributed by atoms with van der Waals surface area (Å²) in [4.78, 5) is 11.9. The number of rotatable bonds is 3. The van der Waals surface area contributed by atoms with E-state index in [4.69, 9.17) is 11.6 Å². The summed E-state index contributed by atoms with van der Waals surface area (Å²) >= 11 is 5.97. The second-order valence-corrected chi connectivity index (χ2v) is 5.41. The van der Waals surface area contributed by atoms with Crippen molar-refractivity contribution in [3.05, 3.63) is 35.1 Å². The summed E-state index contributed by atoms with van der Waals surface area (Å²) in [7, 11) is 0. The molecule has 0 aliphatic heterocycles. The first-order chi connectivity index (χ1) is 7.74. The molecule has 2 nitrogen and oxygen atoms in total. The monoisotopic (exact) mass is 257 g/mol. The van der Waals surface area contributed by atoms with Crippen LogP contribution in [-0.4, -0.2) is 16.8 Å². The lowest BCUT2D eigenvalue weighted by Crippen LogP contribution is -2.49. The topological polar surface area (TPSA) is 29.1 Å². The molecular formula is C13H17ClFNO. The highest BCUT2D eigenvalue weighted by molar-refractivity contribution is 6.21. The number of alkyl halides is 1. The second-order valence-electron chi connectivity index (χ2n) is 4.76. The summed E-state index contributed by atoms with van der Waals surface area (Å²) in [6.07, 6.45) is 0. The van der Waals surface area contributed by atoms with Crippen molar-refractivity contribution >= 4 is 17.5 Å². The van der Waals surface area contributed by atoms with E-state index >= 15 is 0 Å². The SMILES string of the molecule is Cc1ccc(C(=O)NC(C)(C)C(C)Cl)cc1F. The number of nitrogens with one attached hydrogen (secondary N) is 1. The van der Waals surface area contributed by atoms with Gasteiger partial charge < -0.3 is 5.32 Å². The first-order valence-electron chi connectivity index (χ1n) is 5.47. The van der Waals surface area contributed by atoms with E-state index in [1.165, 1.54) is 6.07 Å². The third-order valence-corrected chi connectivity index (χ3v) is 3.41. The highest BCUT2D eigenvalue weighted by Gasteiger charge is 2.26. The maximum atomic E-state index is 13.3. The molecule has 1 unspecified atom stereocenters. The predicted octanol–water partition coefficient (Wildman–Crippen LogP) is 3.27. The first-order valence-corrected chi connectivity index (χ1v) is 5.90. The van der Waals surface area contributed by atoms with Crippen LogP contribution in [0.5, 0.6) is 0 Å². The smallest absolute Gasteiger partial charge is 0.251 e. The molecule has 4 heteroatoms. The van der Waals surface area contributed by atoms with Crippen LogP contribution < -0.4 is 5.32 Å². The third-order valence-electron chi connectivity index (χ3n) is 2.86. The largest absolute Gasteiger partial charge is 0.346 e. The Morgan fingerprint density at radius 2 is 2.06 bits per heavy atom. The molecule has 0 saturated carbocycles. The lowest BCUT2D eigenvalue weighted by Gasteiger charge is -2.29. The molecule has 0 bridgehead atoms. The Morgan fingerprint density at radius 3 is 2.53 bits per heavy atom. The molecule has 1 aromatic carbocycles. The minimum absolute atomic E-state index is 0.221. The number of aryl methyl sites for hydroxylation is 1. The third kappa shape index (κ3) is 3.43. The van der Waals surface area contributed by atoms with Gasteiger partial charge in [-0.3, -0.25) is 4.79 Å². The molecule has 1 aromatic rings. The number of hydrogen-bond acceptors (Lipinski definition) is 1. The van der Waals surface area contributed by atoms with Gasteiger partial charge >= 0.3 is 0 Å². The Bertz CT molecular complexity index is 429. The van der Waals surface area contributed by atoms with Crippen LogP contribution in [0.2, 0.25) is 0 Å². The van der Waals surface area contributed by atoms with Gasteiger partial charge in [0.15, 0.2) is 0 Å². The van der Waals surface area contributed by atoms with Crippen molar-refractivity contribution in [2.45, 2.75) is 38.6 Å². The summed E-state index contributed by atoms with van der Waals surface area (Å²) in [5.74, 6) is -0.698. The Kier molecular flexibility index (Phi) is 4.15. The summed E-state index contributed by atoms with van der Waals surface area (Å²) in [5.41, 5.74) is 0.282. The molecule has 1 amide bonds. The number of carbonyl (C=O) groups is 1. The van der Waals surface area contributed by atoms with Gasteiger partial charge in [0.2, 0.25) is 0 Å². The Morgan fingerprint density at radius 1 is 1.47 bits per heavy atom. The van der Waals surface area contributed by atoms with E-state index in [1.54, 1.807) is 26.0 Å². The summed E-state index contributed by atoms with van der Waals surface area (Å²) in [6, 6.07) is 4.42. The fourth-order valence-electron chi connectivity index (χ4n) is 1.20. The van der Waals surface area contributed by atoms with Crippen molar-refractivity contribution in [2.75, 3.05) is 0 Å². The summed E-state index contributed by atoms with van der Waals surface area (Å²) < 4.78 is 13.3. The van der Waals surface area contributed by atoms with Crippen LogP contribution in [0.25, 0.3) is 0 Å². The average molecular weight is 258 g/mol. The lowest BCUT2D eigenvalue weighted by atomic mass is 10.0. The van der Waals surface area contributed by atoms with Gasteiger partial charge in [-0.25, -0.2) is 4.39 Å². The van der Waals surface area contributed by atoms with E-state index in [1.807, 2.05) is 13.8 Å². The van der Waals surface area contributed by atoms with Crippen molar-refractivity contribution in [1.29, 1.82) is 0 Å². The second kappa shape index (κ2) is 5.05. The highest BCUT2D eigenvalue weighted by Crippen LogP contribution is 2.16. The van der Waals surface area contributed by atoms with Gasteiger partial charge in [0.25, 0.3) is 5.91 Å². The van der Waals surface area contributed by atoms with Crippen LogP contribution in [0.3, 0.4) is 0 Å². The normalized spacial score (nSPS) is 13.3. The molecule has 1 N–H and O–H groups in total. The molecule has 0 aromatic heterocycles. The number of carbonyl (C=O) groups excluding carboxylic acids is 1. The number of halogens is 2. The van der Waals surface area contributed by atoms with Crippen molar-refractivity contribution in [1.82, 2.24) is 5.32 Å². The quantitative estimate of drug-likeness (QED) is 0.828. The molecule has 0 radical (unpaired) electrons. The maximum absolute atomic E-state index is 13.3. The Balaban J connectivity index is 2.87. The van der Waals surface area contributed by atoms with Crippen LogP contribution in [-0.2, 0) is 0 Å². The Labute approximate surface area is 106 Å². The van der Waals surface area contributed by atoms with Crippen molar-refractivity contribution in [2.24, 2.45) is 0 Å². The summed E-state index contributed by atoms with van der Waals surface area (Å²) in [5, 5.41) is 2.56. The minimum Gasteiger partial charge on any atom is -0.346 e. The standard InChI is InChI=1S/C13H17ClFNO/c1-8-5-6-10(7-11(8)15)12(17)16-13(3,4)9(2)14/h5-7,9H,1-4H3,(H,16,17). The zero-order valence-electron chi connectivity index (χ0n) is 10.5. The van der Waals surface area contributed by atoms with Crippen LogP contribution in [0.15, 0.2) is 18.2 Å². The van der Waals surface area contributed by atoms with E-state index in [0.29, 0.717) is 11.1 Å². The molecule has 94 valence electrons. The number of hydrogen-bond donors (Lipinski definition) is 1.